The minimum absolute atomic E-state index is 0.104. The third kappa shape index (κ3) is 3.14. The fraction of sp³-hybridized carbons (Fsp3) is 0.667. The van der Waals surface area contributed by atoms with E-state index in [0.29, 0.717) is 18.4 Å². The maximum Gasteiger partial charge on any atom is 0.228 e. The summed E-state index contributed by atoms with van der Waals surface area (Å²) in [6.07, 6.45) is 4.29. The van der Waals surface area contributed by atoms with Gasteiger partial charge in [-0.25, -0.2) is 4.98 Å². The largest absolute Gasteiger partial charge is 0.481 e. The molecule has 120 valence electrons. The third-order valence-electron chi connectivity index (χ3n) is 4.49. The number of amides is 1. The zero-order valence-corrected chi connectivity index (χ0v) is 12.9. The Morgan fingerprint density at radius 3 is 2.73 bits per heavy atom. The number of methoxy groups -OCH3 is 1. The summed E-state index contributed by atoms with van der Waals surface area (Å²) >= 11 is 0. The lowest BCUT2D eigenvalue weighted by Crippen LogP contribution is -2.43. The number of nitrogens with two attached hydrogens (primary N) is 1. The number of likely N-dealkylation sites (tertiary alicyclic amines) is 1. The van der Waals surface area contributed by atoms with Gasteiger partial charge < -0.3 is 20.3 Å². The maximum absolute atomic E-state index is 12.5. The molecule has 0 aliphatic carbocycles. The fourth-order valence-electron chi connectivity index (χ4n) is 3.17. The molecular weight excluding hydrogens is 282 g/mol. The first-order chi connectivity index (χ1) is 10.7. The topological polar surface area (TPSA) is 84.6 Å². The molecule has 0 aromatic carbocycles. The van der Waals surface area contributed by atoms with Crippen molar-refractivity contribution in [2.45, 2.75) is 25.3 Å². The Hall–Kier alpha value is -1.89. The van der Waals surface area contributed by atoms with Crippen LogP contribution in [0.2, 0.25) is 0 Å². The molecule has 0 unspecified atom stereocenters. The van der Waals surface area contributed by atoms with Crippen LogP contribution in [0.1, 0.15) is 19.3 Å². The number of piperidine rings is 1. The standard InChI is InChI=1S/C15H23N5O2/c1-22-13-2-6-17-15(18-13)19-7-3-11(4-8-19)14(21)20-9-5-12(16)10-20/h2,6,11-12H,3-5,7-10,16H2,1H3/t12-/m1/s1. The summed E-state index contributed by atoms with van der Waals surface area (Å²) in [6, 6.07) is 1.88. The lowest BCUT2D eigenvalue weighted by Gasteiger charge is -2.33. The molecule has 7 nitrogen and oxygen atoms in total. The first-order valence-corrected chi connectivity index (χ1v) is 7.83. The van der Waals surface area contributed by atoms with E-state index in [0.717, 1.165) is 38.9 Å². The summed E-state index contributed by atoms with van der Waals surface area (Å²) in [5, 5.41) is 0. The Bertz CT molecular complexity index is 530. The van der Waals surface area contributed by atoms with Crippen molar-refractivity contribution in [3.63, 3.8) is 0 Å². The molecule has 2 saturated heterocycles. The van der Waals surface area contributed by atoms with E-state index in [1.54, 1.807) is 19.4 Å². The molecule has 22 heavy (non-hydrogen) atoms. The summed E-state index contributed by atoms with van der Waals surface area (Å²) in [7, 11) is 1.60. The van der Waals surface area contributed by atoms with E-state index in [2.05, 4.69) is 14.9 Å². The van der Waals surface area contributed by atoms with E-state index in [1.807, 2.05) is 4.90 Å². The Morgan fingerprint density at radius 1 is 1.32 bits per heavy atom. The molecule has 0 radical (unpaired) electrons. The Morgan fingerprint density at radius 2 is 2.09 bits per heavy atom. The number of hydrogen-bond acceptors (Lipinski definition) is 6. The molecule has 1 atom stereocenters. The van der Waals surface area contributed by atoms with E-state index in [9.17, 15) is 4.79 Å². The smallest absolute Gasteiger partial charge is 0.228 e. The Balaban J connectivity index is 1.56. The molecule has 7 heteroatoms. The van der Waals surface area contributed by atoms with Gasteiger partial charge >= 0.3 is 0 Å². The number of rotatable bonds is 3. The van der Waals surface area contributed by atoms with E-state index >= 15 is 0 Å². The summed E-state index contributed by atoms with van der Waals surface area (Å²) in [5.74, 6) is 1.61. The average Bonchev–Trinajstić information content (AvgIpc) is 3.01. The molecule has 0 bridgehead atoms. The van der Waals surface area contributed by atoms with Gasteiger partial charge in [-0.15, -0.1) is 0 Å². The molecule has 1 aromatic heterocycles. The van der Waals surface area contributed by atoms with Crippen molar-refractivity contribution in [2.24, 2.45) is 11.7 Å². The van der Waals surface area contributed by atoms with Crippen LogP contribution in [0.15, 0.2) is 12.3 Å². The molecule has 3 heterocycles. The first-order valence-electron chi connectivity index (χ1n) is 7.83. The van der Waals surface area contributed by atoms with Gasteiger partial charge in [0.15, 0.2) is 0 Å². The highest BCUT2D eigenvalue weighted by Gasteiger charge is 2.32. The van der Waals surface area contributed by atoms with Gasteiger partial charge in [0.1, 0.15) is 0 Å². The second-order valence-electron chi connectivity index (χ2n) is 5.99. The number of anilines is 1. The molecule has 0 spiro atoms. The second-order valence-corrected chi connectivity index (χ2v) is 5.99. The number of ether oxygens (including phenoxy) is 1. The first kappa shape index (κ1) is 15.0. The van der Waals surface area contributed by atoms with Crippen LogP contribution in [0.3, 0.4) is 0 Å². The highest BCUT2D eigenvalue weighted by atomic mass is 16.5. The summed E-state index contributed by atoms with van der Waals surface area (Å²) in [6.45, 7) is 3.10. The van der Waals surface area contributed by atoms with Gasteiger partial charge in [0.05, 0.1) is 7.11 Å². The van der Waals surface area contributed by atoms with Crippen molar-refractivity contribution < 1.29 is 9.53 Å². The Kier molecular flexibility index (Phi) is 4.42. The molecule has 3 rings (SSSR count). The predicted molar refractivity (Wildman–Crippen MR) is 82.7 cm³/mol. The molecule has 2 aliphatic heterocycles. The summed E-state index contributed by atoms with van der Waals surface area (Å²) in [5.41, 5.74) is 5.89. The third-order valence-corrected chi connectivity index (χ3v) is 4.49. The lowest BCUT2D eigenvalue weighted by atomic mass is 9.95. The summed E-state index contributed by atoms with van der Waals surface area (Å²) < 4.78 is 5.13. The van der Waals surface area contributed by atoms with Crippen molar-refractivity contribution in [3.8, 4) is 5.88 Å². The summed E-state index contributed by atoms with van der Waals surface area (Å²) in [4.78, 5) is 25.2. The SMILES string of the molecule is COc1ccnc(N2CCC(C(=O)N3CC[C@@H](N)C3)CC2)n1. The quantitative estimate of drug-likeness (QED) is 0.862. The minimum atomic E-state index is 0.104. The fourth-order valence-corrected chi connectivity index (χ4v) is 3.17. The lowest BCUT2D eigenvalue weighted by molar-refractivity contribution is -0.135. The molecule has 0 saturated carbocycles. The minimum Gasteiger partial charge on any atom is -0.481 e. The van der Waals surface area contributed by atoms with Crippen LogP contribution in [0.5, 0.6) is 5.88 Å². The van der Waals surface area contributed by atoms with E-state index in [4.69, 9.17) is 10.5 Å². The molecular formula is C15H23N5O2. The van der Waals surface area contributed by atoms with Crippen LogP contribution in [-0.2, 0) is 4.79 Å². The zero-order valence-electron chi connectivity index (χ0n) is 12.9. The van der Waals surface area contributed by atoms with Crippen LogP contribution in [-0.4, -0.2) is 60.1 Å². The zero-order chi connectivity index (χ0) is 15.5. The van der Waals surface area contributed by atoms with Crippen LogP contribution >= 0.6 is 0 Å². The monoisotopic (exact) mass is 305 g/mol. The second kappa shape index (κ2) is 6.48. The highest BCUT2D eigenvalue weighted by Crippen LogP contribution is 2.24. The number of nitrogens with zero attached hydrogens (tertiary/aromatic N) is 4. The molecule has 2 fully saturated rings. The van der Waals surface area contributed by atoms with E-state index < -0.39 is 0 Å². The molecule has 2 N–H and O–H groups in total. The van der Waals surface area contributed by atoms with E-state index in [-0.39, 0.29) is 17.9 Å². The van der Waals surface area contributed by atoms with Crippen molar-refractivity contribution >= 4 is 11.9 Å². The average molecular weight is 305 g/mol. The molecule has 2 aliphatic rings. The van der Waals surface area contributed by atoms with Crippen molar-refractivity contribution in [3.05, 3.63) is 12.3 Å². The van der Waals surface area contributed by atoms with Gasteiger partial charge in [-0.2, -0.15) is 4.98 Å². The molecule has 1 aromatic rings. The van der Waals surface area contributed by atoms with Gasteiger partial charge in [-0.3, -0.25) is 4.79 Å². The normalized spacial score (nSPS) is 22.9. The van der Waals surface area contributed by atoms with Crippen LogP contribution in [0.4, 0.5) is 5.95 Å². The van der Waals surface area contributed by atoms with Crippen LogP contribution < -0.4 is 15.4 Å². The Labute approximate surface area is 130 Å². The van der Waals surface area contributed by atoms with Gasteiger partial charge in [-0.05, 0) is 19.3 Å². The van der Waals surface area contributed by atoms with Crippen molar-refractivity contribution in [1.29, 1.82) is 0 Å². The molecule has 1 amide bonds. The number of hydrogen-bond donors (Lipinski definition) is 1. The van der Waals surface area contributed by atoms with E-state index in [1.165, 1.54) is 0 Å². The highest BCUT2D eigenvalue weighted by molar-refractivity contribution is 5.79. The number of carbonyl (C=O) groups excluding carboxylic acids is 1. The van der Waals surface area contributed by atoms with Crippen LogP contribution in [0, 0.1) is 5.92 Å². The van der Waals surface area contributed by atoms with Gasteiger partial charge in [-0.1, -0.05) is 0 Å². The van der Waals surface area contributed by atoms with Gasteiger partial charge in [0.25, 0.3) is 0 Å². The van der Waals surface area contributed by atoms with Crippen molar-refractivity contribution in [2.75, 3.05) is 38.2 Å². The van der Waals surface area contributed by atoms with Crippen molar-refractivity contribution in [1.82, 2.24) is 14.9 Å². The number of carbonyl (C=O) groups is 1. The van der Waals surface area contributed by atoms with Gasteiger partial charge in [0.2, 0.25) is 17.7 Å². The number of aromatic nitrogens is 2. The maximum atomic E-state index is 12.5. The van der Waals surface area contributed by atoms with Gasteiger partial charge in [0, 0.05) is 50.4 Å². The van der Waals surface area contributed by atoms with Crippen LogP contribution in [0.25, 0.3) is 0 Å². The predicted octanol–water partition coefficient (Wildman–Crippen LogP) is 0.261.